The van der Waals surface area contributed by atoms with Crippen LogP contribution in [0.25, 0.3) is 0 Å². The second-order valence-electron chi connectivity index (χ2n) is 6.24. The molecule has 2 heterocycles. The smallest absolute Gasteiger partial charge is 0.228 e. The Balaban J connectivity index is 1.63. The Kier molecular flexibility index (Phi) is 3.07. The van der Waals surface area contributed by atoms with Crippen LogP contribution in [0.5, 0.6) is 0 Å². The number of amides is 1. The van der Waals surface area contributed by atoms with Crippen molar-refractivity contribution in [3.05, 3.63) is 17.8 Å². The molecule has 0 bridgehead atoms. The SMILES string of the molecule is Cc1cc(N2CCN(C(=O)C3(C)CC3)CC2)ncc1N. The van der Waals surface area contributed by atoms with Crippen molar-refractivity contribution >= 4 is 17.4 Å². The number of aromatic nitrogens is 1. The number of hydrogen-bond acceptors (Lipinski definition) is 4. The maximum Gasteiger partial charge on any atom is 0.228 e. The van der Waals surface area contributed by atoms with Crippen LogP contribution < -0.4 is 10.6 Å². The lowest BCUT2D eigenvalue weighted by Crippen LogP contribution is -2.50. The van der Waals surface area contributed by atoms with E-state index < -0.39 is 0 Å². The second kappa shape index (κ2) is 4.65. The van der Waals surface area contributed by atoms with Gasteiger partial charge in [0.1, 0.15) is 5.82 Å². The summed E-state index contributed by atoms with van der Waals surface area (Å²) < 4.78 is 0. The molecule has 1 amide bonds. The average molecular weight is 274 g/mol. The van der Waals surface area contributed by atoms with Gasteiger partial charge in [-0.25, -0.2) is 4.98 Å². The molecule has 0 spiro atoms. The molecule has 0 unspecified atom stereocenters. The molecule has 2 aliphatic rings. The van der Waals surface area contributed by atoms with Gasteiger partial charge in [-0.3, -0.25) is 4.79 Å². The fourth-order valence-electron chi connectivity index (χ4n) is 2.65. The van der Waals surface area contributed by atoms with Crippen LogP contribution in [-0.4, -0.2) is 42.0 Å². The van der Waals surface area contributed by atoms with Crippen LogP contribution in [0.1, 0.15) is 25.3 Å². The number of nitrogens with zero attached hydrogens (tertiary/aromatic N) is 3. The topological polar surface area (TPSA) is 62.5 Å². The molecule has 1 aromatic heterocycles. The minimum atomic E-state index is -0.0573. The van der Waals surface area contributed by atoms with Crippen molar-refractivity contribution in [1.82, 2.24) is 9.88 Å². The Morgan fingerprint density at radius 2 is 1.95 bits per heavy atom. The van der Waals surface area contributed by atoms with Gasteiger partial charge in [0.25, 0.3) is 0 Å². The Morgan fingerprint density at radius 1 is 1.30 bits per heavy atom. The molecule has 1 aliphatic carbocycles. The lowest BCUT2D eigenvalue weighted by molar-refractivity contribution is -0.136. The summed E-state index contributed by atoms with van der Waals surface area (Å²) in [7, 11) is 0. The number of carbonyl (C=O) groups excluding carboxylic acids is 1. The number of aryl methyl sites for hydroxylation is 1. The Hall–Kier alpha value is -1.78. The molecule has 1 aliphatic heterocycles. The van der Waals surface area contributed by atoms with Crippen molar-refractivity contribution in [2.24, 2.45) is 5.41 Å². The first-order chi connectivity index (χ1) is 9.49. The molecule has 0 aromatic carbocycles. The van der Waals surface area contributed by atoms with Crippen molar-refractivity contribution in [2.75, 3.05) is 36.8 Å². The van der Waals surface area contributed by atoms with E-state index in [0.29, 0.717) is 5.91 Å². The molecule has 3 rings (SSSR count). The van der Waals surface area contributed by atoms with Crippen LogP contribution >= 0.6 is 0 Å². The molecule has 0 atom stereocenters. The minimum absolute atomic E-state index is 0.0573. The summed E-state index contributed by atoms with van der Waals surface area (Å²) in [5.41, 5.74) is 7.52. The van der Waals surface area contributed by atoms with E-state index in [2.05, 4.69) is 16.8 Å². The molecule has 20 heavy (non-hydrogen) atoms. The first-order valence-electron chi connectivity index (χ1n) is 7.26. The summed E-state index contributed by atoms with van der Waals surface area (Å²) >= 11 is 0. The number of rotatable bonds is 2. The third kappa shape index (κ3) is 2.32. The Labute approximate surface area is 119 Å². The maximum absolute atomic E-state index is 12.3. The van der Waals surface area contributed by atoms with Gasteiger partial charge in [0.05, 0.1) is 11.9 Å². The monoisotopic (exact) mass is 274 g/mol. The number of nitrogen functional groups attached to an aromatic ring is 1. The zero-order chi connectivity index (χ0) is 14.3. The van der Waals surface area contributed by atoms with Crippen LogP contribution in [0.15, 0.2) is 12.3 Å². The van der Waals surface area contributed by atoms with Gasteiger partial charge in [-0.05, 0) is 31.4 Å². The molecule has 5 heteroatoms. The second-order valence-corrected chi connectivity index (χ2v) is 6.24. The molecule has 1 saturated carbocycles. The highest BCUT2D eigenvalue weighted by Crippen LogP contribution is 2.46. The predicted molar refractivity (Wildman–Crippen MR) is 79.5 cm³/mol. The molecule has 1 aromatic rings. The predicted octanol–water partition coefficient (Wildman–Crippen LogP) is 1.42. The van der Waals surface area contributed by atoms with Crippen molar-refractivity contribution < 1.29 is 4.79 Å². The molecule has 108 valence electrons. The number of piperazine rings is 1. The standard InChI is InChI=1S/C15H22N4O/c1-11-9-13(17-10-12(11)16)18-5-7-19(8-6-18)14(20)15(2)3-4-15/h9-10H,3-8,16H2,1-2H3. The number of anilines is 2. The third-order valence-corrected chi connectivity index (χ3v) is 4.54. The molecule has 0 radical (unpaired) electrons. The molecule has 2 N–H and O–H groups in total. The number of hydrogen-bond donors (Lipinski definition) is 1. The van der Waals surface area contributed by atoms with E-state index in [-0.39, 0.29) is 5.41 Å². The van der Waals surface area contributed by atoms with Gasteiger partial charge in [0.2, 0.25) is 5.91 Å². The molecular formula is C15H22N4O. The Bertz CT molecular complexity index is 531. The van der Waals surface area contributed by atoms with Gasteiger partial charge in [-0.15, -0.1) is 0 Å². The zero-order valence-corrected chi connectivity index (χ0v) is 12.2. The fraction of sp³-hybridized carbons (Fsp3) is 0.600. The van der Waals surface area contributed by atoms with Gasteiger partial charge in [0, 0.05) is 31.6 Å². The lowest BCUT2D eigenvalue weighted by Gasteiger charge is -2.36. The lowest BCUT2D eigenvalue weighted by atomic mass is 10.1. The number of pyridine rings is 1. The largest absolute Gasteiger partial charge is 0.397 e. The summed E-state index contributed by atoms with van der Waals surface area (Å²) in [6.45, 7) is 7.34. The van der Waals surface area contributed by atoms with Crippen molar-refractivity contribution in [3.8, 4) is 0 Å². The molecule has 1 saturated heterocycles. The quantitative estimate of drug-likeness (QED) is 0.886. The Morgan fingerprint density at radius 3 is 2.50 bits per heavy atom. The van der Waals surface area contributed by atoms with E-state index in [1.165, 1.54) is 0 Å². The molecular weight excluding hydrogens is 252 g/mol. The van der Waals surface area contributed by atoms with Crippen LogP contribution in [0, 0.1) is 12.3 Å². The van der Waals surface area contributed by atoms with Crippen LogP contribution in [-0.2, 0) is 4.79 Å². The van der Waals surface area contributed by atoms with Crippen molar-refractivity contribution in [3.63, 3.8) is 0 Å². The van der Waals surface area contributed by atoms with Gasteiger partial charge < -0.3 is 15.5 Å². The van der Waals surface area contributed by atoms with E-state index in [0.717, 1.165) is 56.1 Å². The summed E-state index contributed by atoms with van der Waals surface area (Å²) in [6, 6.07) is 2.02. The maximum atomic E-state index is 12.3. The molecule has 5 nitrogen and oxygen atoms in total. The molecule has 2 fully saturated rings. The normalized spacial score (nSPS) is 20.9. The highest BCUT2D eigenvalue weighted by Gasteiger charge is 2.47. The minimum Gasteiger partial charge on any atom is -0.397 e. The third-order valence-electron chi connectivity index (χ3n) is 4.54. The van der Waals surface area contributed by atoms with E-state index in [1.807, 2.05) is 17.9 Å². The summed E-state index contributed by atoms with van der Waals surface area (Å²) in [6.07, 6.45) is 3.81. The zero-order valence-electron chi connectivity index (χ0n) is 12.2. The fourth-order valence-corrected chi connectivity index (χ4v) is 2.65. The number of nitrogens with two attached hydrogens (primary N) is 1. The van der Waals surface area contributed by atoms with Crippen LogP contribution in [0.2, 0.25) is 0 Å². The first kappa shape index (κ1) is 13.2. The number of carbonyl (C=O) groups is 1. The van der Waals surface area contributed by atoms with Gasteiger partial charge >= 0.3 is 0 Å². The van der Waals surface area contributed by atoms with Gasteiger partial charge in [-0.2, -0.15) is 0 Å². The van der Waals surface area contributed by atoms with Crippen LogP contribution in [0.3, 0.4) is 0 Å². The van der Waals surface area contributed by atoms with Gasteiger partial charge in [0.15, 0.2) is 0 Å². The van der Waals surface area contributed by atoms with E-state index in [4.69, 9.17) is 5.73 Å². The van der Waals surface area contributed by atoms with Crippen molar-refractivity contribution in [1.29, 1.82) is 0 Å². The van der Waals surface area contributed by atoms with Gasteiger partial charge in [-0.1, -0.05) is 6.92 Å². The average Bonchev–Trinajstić information content (AvgIpc) is 3.20. The van der Waals surface area contributed by atoms with Crippen LogP contribution in [0.4, 0.5) is 11.5 Å². The van der Waals surface area contributed by atoms with E-state index in [1.54, 1.807) is 6.20 Å². The van der Waals surface area contributed by atoms with E-state index >= 15 is 0 Å². The highest BCUT2D eigenvalue weighted by atomic mass is 16.2. The summed E-state index contributed by atoms with van der Waals surface area (Å²) in [5.74, 6) is 1.29. The first-order valence-corrected chi connectivity index (χ1v) is 7.26. The summed E-state index contributed by atoms with van der Waals surface area (Å²) in [5, 5.41) is 0. The van der Waals surface area contributed by atoms with Crippen molar-refractivity contribution in [2.45, 2.75) is 26.7 Å². The highest BCUT2D eigenvalue weighted by molar-refractivity contribution is 5.85. The van der Waals surface area contributed by atoms with E-state index in [9.17, 15) is 4.79 Å². The summed E-state index contributed by atoms with van der Waals surface area (Å²) in [4.78, 5) is 20.9.